The molecule has 0 aliphatic rings. The Hall–Kier alpha value is -1.94. The predicted molar refractivity (Wildman–Crippen MR) is 74.9 cm³/mol. The number of rotatable bonds is 6. The van der Waals surface area contributed by atoms with Crippen LogP contribution in [0.5, 0.6) is 11.5 Å². The van der Waals surface area contributed by atoms with Crippen molar-refractivity contribution < 1.29 is 13.5 Å². The van der Waals surface area contributed by atoms with Crippen LogP contribution in [0.3, 0.4) is 0 Å². The summed E-state index contributed by atoms with van der Waals surface area (Å²) >= 11 is 0. The second kappa shape index (κ2) is 7.01. The van der Waals surface area contributed by atoms with Crippen molar-refractivity contribution in [3.05, 3.63) is 59.7 Å². The van der Waals surface area contributed by atoms with Crippen LogP contribution in [0.2, 0.25) is 0 Å². The molecule has 2 aromatic carbocycles. The summed E-state index contributed by atoms with van der Waals surface area (Å²) in [5, 5.41) is 3.15. The molecule has 0 atom stereocenters. The van der Waals surface area contributed by atoms with Gasteiger partial charge in [0.25, 0.3) is 0 Å². The Morgan fingerprint density at radius 3 is 2.50 bits per heavy atom. The van der Waals surface area contributed by atoms with E-state index in [0.717, 1.165) is 13.0 Å². The van der Waals surface area contributed by atoms with Crippen molar-refractivity contribution in [2.75, 3.05) is 6.54 Å². The maximum atomic E-state index is 13.9. The molecule has 0 spiro atoms. The molecule has 0 saturated heterocycles. The van der Waals surface area contributed by atoms with E-state index in [9.17, 15) is 8.78 Å². The molecular formula is C16H17F2NO. The number of hydrogen-bond acceptors (Lipinski definition) is 2. The molecule has 1 N–H and O–H groups in total. The van der Waals surface area contributed by atoms with Crippen LogP contribution >= 0.6 is 0 Å². The Bertz CT molecular complexity index is 555. The van der Waals surface area contributed by atoms with Gasteiger partial charge in [0.05, 0.1) is 0 Å². The van der Waals surface area contributed by atoms with E-state index in [1.807, 2.05) is 6.92 Å². The molecule has 0 aliphatic carbocycles. The van der Waals surface area contributed by atoms with Crippen LogP contribution in [0.25, 0.3) is 0 Å². The second-order valence-electron chi connectivity index (χ2n) is 4.45. The third-order valence-electron chi connectivity index (χ3n) is 2.85. The van der Waals surface area contributed by atoms with Gasteiger partial charge in [-0.05, 0) is 49.4 Å². The van der Waals surface area contributed by atoms with Gasteiger partial charge in [-0.25, -0.2) is 8.78 Å². The summed E-state index contributed by atoms with van der Waals surface area (Å²) in [6.07, 6.45) is 0.975. The minimum Gasteiger partial charge on any atom is -0.457 e. The number of ether oxygens (including phenoxy) is 1. The lowest BCUT2D eigenvalue weighted by Gasteiger charge is -2.12. The van der Waals surface area contributed by atoms with Crippen LogP contribution in [0, 0.1) is 11.6 Å². The first-order valence-corrected chi connectivity index (χ1v) is 6.62. The van der Waals surface area contributed by atoms with E-state index < -0.39 is 0 Å². The zero-order valence-electron chi connectivity index (χ0n) is 11.3. The van der Waals surface area contributed by atoms with Crippen LogP contribution in [-0.2, 0) is 6.54 Å². The van der Waals surface area contributed by atoms with Crippen LogP contribution in [-0.4, -0.2) is 6.54 Å². The summed E-state index contributed by atoms with van der Waals surface area (Å²) < 4.78 is 32.3. The lowest BCUT2D eigenvalue weighted by atomic mass is 10.2. The average Bonchev–Trinajstić information content (AvgIpc) is 2.44. The van der Waals surface area contributed by atoms with Crippen molar-refractivity contribution >= 4 is 0 Å². The van der Waals surface area contributed by atoms with Crippen molar-refractivity contribution in [3.63, 3.8) is 0 Å². The fourth-order valence-electron chi connectivity index (χ4n) is 1.83. The van der Waals surface area contributed by atoms with Crippen molar-refractivity contribution in [1.29, 1.82) is 0 Å². The highest BCUT2D eigenvalue weighted by Crippen LogP contribution is 2.27. The van der Waals surface area contributed by atoms with Gasteiger partial charge in [-0.2, -0.15) is 0 Å². The molecule has 0 fully saturated rings. The standard InChI is InChI=1S/C16H17F2NO/c1-2-10-19-11-14-15(18)4-3-5-16(14)20-13-8-6-12(17)7-9-13/h3-9,19H,2,10-11H2,1H3. The predicted octanol–water partition coefficient (Wildman–Crippen LogP) is 4.26. The molecule has 0 bridgehead atoms. The molecule has 0 heterocycles. The molecule has 106 valence electrons. The van der Waals surface area contributed by atoms with E-state index in [-0.39, 0.29) is 11.6 Å². The van der Waals surface area contributed by atoms with Crippen molar-refractivity contribution in [2.45, 2.75) is 19.9 Å². The smallest absolute Gasteiger partial charge is 0.134 e. The van der Waals surface area contributed by atoms with Crippen LogP contribution in [0.4, 0.5) is 8.78 Å². The van der Waals surface area contributed by atoms with Gasteiger partial charge < -0.3 is 10.1 Å². The molecule has 2 aromatic rings. The lowest BCUT2D eigenvalue weighted by Crippen LogP contribution is -2.15. The normalized spacial score (nSPS) is 10.6. The Kier molecular flexibility index (Phi) is 5.07. The summed E-state index contributed by atoms with van der Waals surface area (Å²) in [5.74, 6) is 0.281. The third-order valence-corrected chi connectivity index (χ3v) is 2.85. The minimum absolute atomic E-state index is 0.312. The monoisotopic (exact) mass is 277 g/mol. The van der Waals surface area contributed by atoms with Gasteiger partial charge in [0.15, 0.2) is 0 Å². The maximum absolute atomic E-state index is 13.9. The highest BCUT2D eigenvalue weighted by Gasteiger charge is 2.10. The maximum Gasteiger partial charge on any atom is 0.134 e. The molecule has 2 rings (SSSR count). The lowest BCUT2D eigenvalue weighted by molar-refractivity contribution is 0.460. The van der Waals surface area contributed by atoms with Gasteiger partial charge in [-0.1, -0.05) is 13.0 Å². The fourth-order valence-corrected chi connectivity index (χ4v) is 1.83. The molecule has 0 saturated carbocycles. The van der Waals surface area contributed by atoms with E-state index in [2.05, 4.69) is 5.32 Å². The topological polar surface area (TPSA) is 21.3 Å². The van der Waals surface area contributed by atoms with Gasteiger partial charge in [0, 0.05) is 12.1 Å². The molecule has 0 aromatic heterocycles. The zero-order chi connectivity index (χ0) is 14.4. The molecule has 20 heavy (non-hydrogen) atoms. The Morgan fingerprint density at radius 2 is 1.80 bits per heavy atom. The minimum atomic E-state index is -0.332. The number of benzene rings is 2. The fraction of sp³-hybridized carbons (Fsp3) is 0.250. The van der Waals surface area contributed by atoms with Crippen molar-refractivity contribution in [3.8, 4) is 11.5 Å². The summed E-state index contributed by atoms with van der Waals surface area (Å²) in [7, 11) is 0. The molecule has 0 amide bonds. The van der Waals surface area contributed by atoms with E-state index in [0.29, 0.717) is 23.6 Å². The first-order chi connectivity index (χ1) is 9.70. The van der Waals surface area contributed by atoms with Gasteiger partial charge in [-0.15, -0.1) is 0 Å². The highest BCUT2D eigenvalue weighted by atomic mass is 19.1. The number of nitrogens with one attached hydrogen (secondary N) is 1. The SMILES string of the molecule is CCCNCc1c(F)cccc1Oc1ccc(F)cc1. The second-order valence-corrected chi connectivity index (χ2v) is 4.45. The van der Waals surface area contributed by atoms with E-state index >= 15 is 0 Å². The van der Waals surface area contributed by atoms with Gasteiger partial charge in [0.2, 0.25) is 0 Å². The molecule has 0 aliphatic heterocycles. The van der Waals surface area contributed by atoms with Crippen LogP contribution in [0.1, 0.15) is 18.9 Å². The average molecular weight is 277 g/mol. The van der Waals surface area contributed by atoms with Gasteiger partial charge in [-0.3, -0.25) is 0 Å². The number of hydrogen-bond donors (Lipinski definition) is 1. The Morgan fingerprint density at radius 1 is 1.05 bits per heavy atom. The molecule has 0 unspecified atom stereocenters. The van der Waals surface area contributed by atoms with Gasteiger partial charge in [0.1, 0.15) is 23.1 Å². The largest absolute Gasteiger partial charge is 0.457 e. The summed E-state index contributed by atoms with van der Waals surface area (Å²) in [6, 6.07) is 10.4. The summed E-state index contributed by atoms with van der Waals surface area (Å²) in [5.41, 5.74) is 0.477. The highest BCUT2D eigenvalue weighted by molar-refractivity contribution is 5.38. The Labute approximate surface area is 117 Å². The van der Waals surface area contributed by atoms with Gasteiger partial charge >= 0.3 is 0 Å². The Balaban J connectivity index is 2.17. The quantitative estimate of drug-likeness (QED) is 0.797. The molecule has 2 nitrogen and oxygen atoms in total. The van der Waals surface area contributed by atoms with E-state index in [1.54, 1.807) is 12.1 Å². The third kappa shape index (κ3) is 3.78. The van der Waals surface area contributed by atoms with Crippen molar-refractivity contribution in [2.24, 2.45) is 0 Å². The molecular weight excluding hydrogens is 260 g/mol. The zero-order valence-corrected chi connectivity index (χ0v) is 11.3. The number of halogens is 2. The molecule has 0 radical (unpaired) electrons. The first kappa shape index (κ1) is 14.5. The van der Waals surface area contributed by atoms with E-state index in [1.165, 1.54) is 30.3 Å². The van der Waals surface area contributed by atoms with E-state index in [4.69, 9.17) is 4.74 Å². The van der Waals surface area contributed by atoms with Crippen molar-refractivity contribution in [1.82, 2.24) is 5.32 Å². The van der Waals surface area contributed by atoms with Crippen LogP contribution in [0.15, 0.2) is 42.5 Å². The molecule has 4 heteroatoms. The summed E-state index contributed by atoms with van der Waals surface area (Å²) in [6.45, 7) is 3.26. The summed E-state index contributed by atoms with van der Waals surface area (Å²) in [4.78, 5) is 0. The van der Waals surface area contributed by atoms with Crippen LogP contribution < -0.4 is 10.1 Å². The first-order valence-electron chi connectivity index (χ1n) is 6.62.